The van der Waals surface area contributed by atoms with Crippen LogP contribution in [0.25, 0.3) is 0 Å². The van der Waals surface area contributed by atoms with Gasteiger partial charge in [0.2, 0.25) is 5.91 Å². The van der Waals surface area contributed by atoms with Gasteiger partial charge in [-0.1, -0.05) is 25.7 Å². The van der Waals surface area contributed by atoms with E-state index in [4.69, 9.17) is 0 Å². The fraction of sp³-hybridized carbons (Fsp3) is 0.714. The summed E-state index contributed by atoms with van der Waals surface area (Å²) in [6.45, 7) is 3.25. The zero-order valence-electron chi connectivity index (χ0n) is 12.6. The first kappa shape index (κ1) is 15.5. The summed E-state index contributed by atoms with van der Waals surface area (Å²) in [6.07, 6.45) is 6.80. The zero-order valence-corrected chi connectivity index (χ0v) is 12.6. The molecule has 21 heavy (non-hydrogen) atoms. The van der Waals surface area contributed by atoms with Crippen molar-refractivity contribution >= 4 is 11.6 Å². The predicted octanol–water partition coefficient (Wildman–Crippen LogP) is 2.25. The second kappa shape index (κ2) is 6.69. The van der Waals surface area contributed by atoms with E-state index in [9.17, 15) is 14.9 Å². The first-order chi connectivity index (χ1) is 9.99. The number of hydrogen-bond donors (Lipinski definition) is 1. The Morgan fingerprint density at radius 2 is 1.95 bits per heavy atom. The Morgan fingerprint density at radius 3 is 2.48 bits per heavy atom. The van der Waals surface area contributed by atoms with E-state index in [1.54, 1.807) is 13.8 Å². The average Bonchev–Trinajstić information content (AvgIpc) is 2.58. The summed E-state index contributed by atoms with van der Waals surface area (Å²) in [6, 6.07) is 0.229. The average molecular weight is 294 g/mol. The lowest BCUT2D eigenvalue weighted by Crippen LogP contribution is -2.37. The lowest BCUT2D eigenvalue weighted by molar-refractivity contribution is -0.386. The maximum atomic E-state index is 12.1. The van der Waals surface area contributed by atoms with E-state index in [1.165, 1.54) is 17.5 Å². The van der Waals surface area contributed by atoms with Crippen LogP contribution in [0.5, 0.6) is 0 Å². The summed E-state index contributed by atoms with van der Waals surface area (Å²) in [5, 5.41) is 18.1. The van der Waals surface area contributed by atoms with Crippen LogP contribution in [-0.2, 0) is 11.3 Å². The van der Waals surface area contributed by atoms with Gasteiger partial charge in [0.15, 0.2) is 0 Å². The summed E-state index contributed by atoms with van der Waals surface area (Å²) < 4.78 is 1.42. The van der Waals surface area contributed by atoms with Gasteiger partial charge in [-0.2, -0.15) is 5.10 Å². The molecule has 0 spiro atoms. The number of hydrogen-bond acceptors (Lipinski definition) is 4. The fourth-order valence-corrected chi connectivity index (χ4v) is 2.94. The summed E-state index contributed by atoms with van der Waals surface area (Å²) in [4.78, 5) is 22.6. The molecular weight excluding hydrogens is 272 g/mol. The van der Waals surface area contributed by atoms with Crippen LogP contribution in [-0.4, -0.2) is 26.7 Å². The Bertz CT molecular complexity index is 531. The molecule has 0 unspecified atom stereocenters. The van der Waals surface area contributed by atoms with Crippen molar-refractivity contribution in [1.29, 1.82) is 0 Å². The molecule has 1 heterocycles. The summed E-state index contributed by atoms with van der Waals surface area (Å²) in [5.74, 6) is -0.123. The van der Waals surface area contributed by atoms with Gasteiger partial charge in [0.25, 0.3) is 0 Å². The molecule has 0 aromatic carbocycles. The van der Waals surface area contributed by atoms with Crippen LogP contribution < -0.4 is 5.32 Å². The SMILES string of the molecule is Cc1nn(CC(=O)NC2CCCCCC2)c(C)c1[N+](=O)[O-]. The van der Waals surface area contributed by atoms with Gasteiger partial charge in [-0.05, 0) is 26.7 Å². The molecule has 1 amide bonds. The number of nitro groups is 1. The van der Waals surface area contributed by atoms with E-state index in [2.05, 4.69) is 10.4 Å². The number of amides is 1. The molecular formula is C14H22N4O3. The van der Waals surface area contributed by atoms with Crippen LogP contribution in [0.3, 0.4) is 0 Å². The van der Waals surface area contributed by atoms with Crippen molar-refractivity contribution in [1.82, 2.24) is 15.1 Å². The molecule has 116 valence electrons. The van der Waals surface area contributed by atoms with Gasteiger partial charge < -0.3 is 5.32 Å². The minimum absolute atomic E-state index is 0.00253. The molecule has 1 aliphatic rings. The second-order valence-corrected chi connectivity index (χ2v) is 5.69. The number of aromatic nitrogens is 2. The quantitative estimate of drug-likeness (QED) is 0.524. The molecule has 0 atom stereocenters. The highest BCUT2D eigenvalue weighted by Crippen LogP contribution is 2.22. The van der Waals surface area contributed by atoms with E-state index in [0.717, 1.165) is 25.7 Å². The topological polar surface area (TPSA) is 90.1 Å². The highest BCUT2D eigenvalue weighted by atomic mass is 16.6. The third-order valence-corrected chi connectivity index (χ3v) is 4.04. The Hall–Kier alpha value is -1.92. The number of carbonyl (C=O) groups is 1. The van der Waals surface area contributed by atoms with Crippen LogP contribution in [0.15, 0.2) is 0 Å². The second-order valence-electron chi connectivity index (χ2n) is 5.69. The molecule has 7 heteroatoms. The van der Waals surface area contributed by atoms with E-state index >= 15 is 0 Å². The van der Waals surface area contributed by atoms with Crippen molar-refractivity contribution in [3.8, 4) is 0 Å². The molecule has 1 aliphatic carbocycles. The minimum atomic E-state index is -0.447. The van der Waals surface area contributed by atoms with Gasteiger partial charge in [0, 0.05) is 6.04 Å². The van der Waals surface area contributed by atoms with Crippen LogP contribution in [0, 0.1) is 24.0 Å². The van der Waals surface area contributed by atoms with Crippen molar-refractivity contribution in [2.45, 2.75) is 65.0 Å². The number of aryl methyl sites for hydroxylation is 1. The summed E-state index contributed by atoms with van der Waals surface area (Å²) in [5.41, 5.74) is 0.769. The Morgan fingerprint density at radius 1 is 1.33 bits per heavy atom. The first-order valence-electron chi connectivity index (χ1n) is 7.47. The molecule has 1 fully saturated rings. The maximum absolute atomic E-state index is 12.1. The summed E-state index contributed by atoms with van der Waals surface area (Å²) in [7, 11) is 0. The van der Waals surface area contributed by atoms with Gasteiger partial charge in [-0.15, -0.1) is 0 Å². The Balaban J connectivity index is 1.99. The number of rotatable bonds is 4. The largest absolute Gasteiger partial charge is 0.352 e. The lowest BCUT2D eigenvalue weighted by Gasteiger charge is -2.16. The number of nitrogens with zero attached hydrogens (tertiary/aromatic N) is 3. The molecule has 1 aromatic rings. The van der Waals surface area contributed by atoms with E-state index in [0.29, 0.717) is 11.4 Å². The maximum Gasteiger partial charge on any atom is 0.312 e. The van der Waals surface area contributed by atoms with Crippen molar-refractivity contribution in [3.63, 3.8) is 0 Å². The molecule has 7 nitrogen and oxygen atoms in total. The molecule has 0 saturated heterocycles. The minimum Gasteiger partial charge on any atom is -0.352 e. The van der Waals surface area contributed by atoms with Crippen molar-refractivity contribution in [3.05, 3.63) is 21.5 Å². The van der Waals surface area contributed by atoms with Gasteiger partial charge >= 0.3 is 5.69 Å². The van der Waals surface area contributed by atoms with Crippen LogP contribution in [0.2, 0.25) is 0 Å². The van der Waals surface area contributed by atoms with Gasteiger partial charge in [-0.25, -0.2) is 0 Å². The van der Waals surface area contributed by atoms with Gasteiger partial charge in [0.1, 0.15) is 17.9 Å². The normalized spacial score (nSPS) is 16.5. The van der Waals surface area contributed by atoms with E-state index in [1.807, 2.05) is 0 Å². The van der Waals surface area contributed by atoms with Crippen LogP contribution in [0.1, 0.15) is 49.9 Å². The number of nitrogens with one attached hydrogen (secondary N) is 1. The summed E-state index contributed by atoms with van der Waals surface area (Å²) >= 11 is 0. The number of carbonyl (C=O) groups excluding carboxylic acids is 1. The van der Waals surface area contributed by atoms with Crippen molar-refractivity contribution in [2.75, 3.05) is 0 Å². The zero-order chi connectivity index (χ0) is 15.4. The van der Waals surface area contributed by atoms with E-state index in [-0.39, 0.29) is 24.2 Å². The first-order valence-corrected chi connectivity index (χ1v) is 7.47. The Labute approximate surface area is 123 Å². The van der Waals surface area contributed by atoms with Crippen molar-refractivity contribution in [2.24, 2.45) is 0 Å². The van der Waals surface area contributed by atoms with Gasteiger partial charge in [-0.3, -0.25) is 19.6 Å². The standard InChI is InChI=1S/C14H22N4O3/c1-10-14(18(20)21)11(2)17(16-10)9-13(19)15-12-7-5-3-4-6-8-12/h12H,3-9H2,1-2H3,(H,15,19). The highest BCUT2D eigenvalue weighted by molar-refractivity contribution is 5.76. The third-order valence-electron chi connectivity index (χ3n) is 4.04. The van der Waals surface area contributed by atoms with E-state index < -0.39 is 4.92 Å². The smallest absolute Gasteiger partial charge is 0.312 e. The Kier molecular flexibility index (Phi) is 4.93. The molecule has 1 N–H and O–H groups in total. The lowest BCUT2D eigenvalue weighted by atomic mass is 10.1. The molecule has 0 aliphatic heterocycles. The fourth-order valence-electron chi connectivity index (χ4n) is 2.94. The third kappa shape index (κ3) is 3.80. The van der Waals surface area contributed by atoms with Crippen LogP contribution in [0.4, 0.5) is 5.69 Å². The molecule has 2 rings (SSSR count). The molecule has 1 saturated carbocycles. The van der Waals surface area contributed by atoms with Crippen molar-refractivity contribution < 1.29 is 9.72 Å². The van der Waals surface area contributed by atoms with Gasteiger partial charge in [0.05, 0.1) is 4.92 Å². The van der Waals surface area contributed by atoms with Crippen LogP contribution >= 0.6 is 0 Å². The molecule has 0 bridgehead atoms. The molecule has 1 aromatic heterocycles. The predicted molar refractivity (Wildman–Crippen MR) is 78.0 cm³/mol. The molecule has 0 radical (unpaired) electrons. The monoisotopic (exact) mass is 294 g/mol. The highest BCUT2D eigenvalue weighted by Gasteiger charge is 2.23.